The normalized spacial score (nSPS) is 12.4. The van der Waals surface area contributed by atoms with Crippen molar-refractivity contribution >= 4 is 0 Å². The topological polar surface area (TPSA) is 61.7 Å². The van der Waals surface area contributed by atoms with Gasteiger partial charge in [0.1, 0.15) is 0 Å². The number of rotatable bonds is 9. The van der Waals surface area contributed by atoms with Gasteiger partial charge in [0, 0.05) is 18.7 Å². The van der Waals surface area contributed by atoms with Crippen molar-refractivity contribution in [1.29, 1.82) is 0 Å². The smallest absolute Gasteiger partial charge is 0.162 e. The maximum absolute atomic E-state index is 10.0. The van der Waals surface area contributed by atoms with E-state index in [-0.39, 0.29) is 12.4 Å². The van der Waals surface area contributed by atoms with Gasteiger partial charge in [-0.05, 0) is 31.9 Å². The van der Waals surface area contributed by atoms with E-state index in [4.69, 9.17) is 9.84 Å². The third-order valence-corrected chi connectivity index (χ3v) is 3.25. The molecular formula is C15H25NO3. The van der Waals surface area contributed by atoms with Gasteiger partial charge < -0.3 is 20.3 Å². The second-order valence-electron chi connectivity index (χ2n) is 4.61. The number of aromatic hydroxyl groups is 1. The molecule has 0 bridgehead atoms. The quantitative estimate of drug-likeness (QED) is 0.642. The first kappa shape index (κ1) is 15.8. The van der Waals surface area contributed by atoms with E-state index in [1.807, 2.05) is 19.1 Å². The Labute approximate surface area is 115 Å². The lowest BCUT2D eigenvalue weighted by Gasteiger charge is -2.15. The van der Waals surface area contributed by atoms with Crippen molar-refractivity contribution in [1.82, 2.24) is 5.32 Å². The molecule has 0 aromatic heterocycles. The fourth-order valence-electron chi connectivity index (χ4n) is 2.03. The predicted octanol–water partition coefficient (Wildman–Crippen LogP) is 2.29. The average Bonchev–Trinajstić information content (AvgIpc) is 2.42. The fraction of sp³-hybridized carbons (Fsp3) is 0.600. The Morgan fingerprint density at radius 2 is 2.11 bits per heavy atom. The Balaban J connectivity index is 2.51. The van der Waals surface area contributed by atoms with Crippen LogP contribution < -0.4 is 10.1 Å². The van der Waals surface area contributed by atoms with Gasteiger partial charge in [-0.1, -0.05) is 25.5 Å². The zero-order valence-corrected chi connectivity index (χ0v) is 11.9. The first-order valence-corrected chi connectivity index (χ1v) is 6.98. The number of ether oxygens (including phenoxy) is 1. The lowest BCUT2D eigenvalue weighted by molar-refractivity contribution is 0.251. The number of nitrogens with one attached hydrogen (secondary N) is 1. The molecule has 4 heteroatoms. The third-order valence-electron chi connectivity index (χ3n) is 3.25. The highest BCUT2D eigenvalue weighted by Crippen LogP contribution is 2.29. The second-order valence-corrected chi connectivity index (χ2v) is 4.61. The number of phenolic OH excluding ortho intramolecular Hbond substituents is 1. The molecule has 4 nitrogen and oxygen atoms in total. The molecule has 0 aliphatic rings. The van der Waals surface area contributed by atoms with Gasteiger partial charge in [-0.25, -0.2) is 0 Å². The molecule has 19 heavy (non-hydrogen) atoms. The standard InChI is InChI=1S/C15H25NO3/c1-3-12(8-9-17)10-16-11-13-6-5-7-14(15(13)18)19-4-2/h5-7,12,16-18H,3-4,8-11H2,1-2H3. The van der Waals surface area contributed by atoms with Crippen molar-refractivity contribution in [3.8, 4) is 11.5 Å². The molecule has 0 radical (unpaired) electrons. The van der Waals surface area contributed by atoms with E-state index in [2.05, 4.69) is 12.2 Å². The first-order chi connectivity index (χ1) is 9.22. The molecule has 3 N–H and O–H groups in total. The highest BCUT2D eigenvalue weighted by Gasteiger charge is 2.09. The molecule has 0 aliphatic carbocycles. The summed E-state index contributed by atoms with van der Waals surface area (Å²) < 4.78 is 5.35. The number of aliphatic hydroxyl groups is 1. The molecule has 0 aliphatic heterocycles. The van der Waals surface area contributed by atoms with Crippen molar-refractivity contribution in [2.24, 2.45) is 5.92 Å². The summed E-state index contributed by atoms with van der Waals surface area (Å²) >= 11 is 0. The summed E-state index contributed by atoms with van der Waals surface area (Å²) in [6.45, 7) is 6.23. The maximum Gasteiger partial charge on any atom is 0.162 e. The zero-order valence-electron chi connectivity index (χ0n) is 11.9. The van der Waals surface area contributed by atoms with Crippen LogP contribution in [0.1, 0.15) is 32.3 Å². The van der Waals surface area contributed by atoms with Gasteiger partial charge >= 0.3 is 0 Å². The third kappa shape index (κ3) is 5.09. The van der Waals surface area contributed by atoms with E-state index in [1.165, 1.54) is 0 Å². The lowest BCUT2D eigenvalue weighted by atomic mass is 10.0. The average molecular weight is 267 g/mol. The van der Waals surface area contributed by atoms with Crippen LogP contribution in [0.2, 0.25) is 0 Å². The number of hydrogen-bond acceptors (Lipinski definition) is 4. The molecule has 0 saturated carbocycles. The SMILES string of the molecule is CCOc1cccc(CNCC(CC)CCO)c1O. The molecule has 1 aromatic carbocycles. The number of para-hydroxylation sites is 1. The van der Waals surface area contributed by atoms with E-state index >= 15 is 0 Å². The van der Waals surface area contributed by atoms with E-state index < -0.39 is 0 Å². The van der Waals surface area contributed by atoms with E-state index in [0.717, 1.165) is 24.9 Å². The largest absolute Gasteiger partial charge is 0.504 e. The fourth-order valence-corrected chi connectivity index (χ4v) is 2.03. The van der Waals surface area contributed by atoms with Crippen molar-refractivity contribution in [3.63, 3.8) is 0 Å². The van der Waals surface area contributed by atoms with E-state index in [1.54, 1.807) is 6.07 Å². The minimum absolute atomic E-state index is 0.215. The number of phenols is 1. The highest BCUT2D eigenvalue weighted by atomic mass is 16.5. The predicted molar refractivity (Wildman–Crippen MR) is 76.5 cm³/mol. The van der Waals surface area contributed by atoms with Gasteiger partial charge in [0.15, 0.2) is 11.5 Å². The van der Waals surface area contributed by atoms with Gasteiger partial charge in [-0.3, -0.25) is 0 Å². The van der Waals surface area contributed by atoms with E-state index in [9.17, 15) is 5.11 Å². The molecule has 1 aromatic rings. The summed E-state index contributed by atoms with van der Waals surface area (Å²) in [5.41, 5.74) is 0.838. The Kier molecular flexibility index (Phi) is 7.30. The van der Waals surface area contributed by atoms with Gasteiger partial charge in [0.25, 0.3) is 0 Å². The summed E-state index contributed by atoms with van der Waals surface area (Å²) in [5, 5.41) is 22.3. The van der Waals surface area contributed by atoms with Gasteiger partial charge in [-0.15, -0.1) is 0 Å². The Bertz CT molecular complexity index is 368. The molecule has 108 valence electrons. The molecule has 1 rings (SSSR count). The van der Waals surface area contributed by atoms with Crippen LogP contribution in [0.25, 0.3) is 0 Å². The molecule has 0 heterocycles. The number of aliphatic hydroxyl groups excluding tert-OH is 1. The van der Waals surface area contributed by atoms with Crippen LogP contribution in [0.5, 0.6) is 11.5 Å². The van der Waals surface area contributed by atoms with E-state index in [0.29, 0.717) is 24.8 Å². The van der Waals surface area contributed by atoms with Crippen LogP contribution in [-0.4, -0.2) is 30.0 Å². The summed E-state index contributed by atoms with van der Waals surface area (Å²) in [4.78, 5) is 0. The molecule has 1 atom stereocenters. The molecule has 0 fully saturated rings. The van der Waals surface area contributed by atoms with Gasteiger partial charge in [0.2, 0.25) is 0 Å². The molecule has 0 amide bonds. The number of benzene rings is 1. The molecule has 0 saturated heterocycles. The number of hydrogen-bond donors (Lipinski definition) is 3. The Morgan fingerprint density at radius 1 is 1.32 bits per heavy atom. The van der Waals surface area contributed by atoms with Crippen LogP contribution in [-0.2, 0) is 6.54 Å². The molecule has 1 unspecified atom stereocenters. The summed E-state index contributed by atoms with van der Waals surface area (Å²) in [6.07, 6.45) is 1.85. The highest BCUT2D eigenvalue weighted by molar-refractivity contribution is 5.45. The maximum atomic E-state index is 10.0. The zero-order chi connectivity index (χ0) is 14.1. The second kappa shape index (κ2) is 8.77. The minimum atomic E-state index is 0.215. The first-order valence-electron chi connectivity index (χ1n) is 6.98. The van der Waals surface area contributed by atoms with Gasteiger partial charge in [-0.2, -0.15) is 0 Å². The summed E-state index contributed by atoms with van der Waals surface area (Å²) in [5.74, 6) is 1.22. The van der Waals surface area contributed by atoms with Crippen molar-refractivity contribution in [2.75, 3.05) is 19.8 Å². The van der Waals surface area contributed by atoms with Crippen LogP contribution in [0, 0.1) is 5.92 Å². The summed E-state index contributed by atoms with van der Waals surface area (Å²) in [6, 6.07) is 5.54. The van der Waals surface area contributed by atoms with Crippen LogP contribution >= 0.6 is 0 Å². The van der Waals surface area contributed by atoms with Gasteiger partial charge in [0.05, 0.1) is 6.61 Å². The Hall–Kier alpha value is -1.26. The van der Waals surface area contributed by atoms with Crippen LogP contribution in [0.4, 0.5) is 0 Å². The van der Waals surface area contributed by atoms with Crippen molar-refractivity contribution in [3.05, 3.63) is 23.8 Å². The molecular weight excluding hydrogens is 242 g/mol. The lowest BCUT2D eigenvalue weighted by Crippen LogP contribution is -2.23. The van der Waals surface area contributed by atoms with Crippen molar-refractivity contribution < 1.29 is 14.9 Å². The van der Waals surface area contributed by atoms with Crippen molar-refractivity contribution in [2.45, 2.75) is 33.2 Å². The molecule has 0 spiro atoms. The minimum Gasteiger partial charge on any atom is -0.504 e. The summed E-state index contributed by atoms with van der Waals surface area (Å²) in [7, 11) is 0. The monoisotopic (exact) mass is 267 g/mol. The van der Waals surface area contributed by atoms with Crippen LogP contribution in [0.3, 0.4) is 0 Å². The van der Waals surface area contributed by atoms with Crippen LogP contribution in [0.15, 0.2) is 18.2 Å². The Morgan fingerprint density at radius 3 is 2.74 bits per heavy atom.